The van der Waals surface area contributed by atoms with Gasteiger partial charge in [-0.25, -0.2) is 4.98 Å². The summed E-state index contributed by atoms with van der Waals surface area (Å²) in [7, 11) is 0. The molecule has 0 saturated carbocycles. The molecule has 0 unspecified atom stereocenters. The fourth-order valence-electron chi connectivity index (χ4n) is 2.49. The van der Waals surface area contributed by atoms with Crippen LogP contribution < -0.4 is 0 Å². The van der Waals surface area contributed by atoms with Crippen molar-refractivity contribution in [2.24, 2.45) is 0 Å². The number of alkyl halides is 3. The number of aromatic nitrogens is 1. The van der Waals surface area contributed by atoms with Crippen molar-refractivity contribution in [3.8, 4) is 0 Å². The smallest absolute Gasteiger partial charge is 0.359 e. The SMILES string of the molecule is Cc1csc([C@H]2CCCN(C(=O)[C@@H](C)OCC(F)(F)F)C2)n1. The number of thiazole rings is 1. The molecule has 0 aliphatic carbocycles. The number of piperidine rings is 1. The summed E-state index contributed by atoms with van der Waals surface area (Å²) in [5, 5.41) is 2.95. The molecule has 2 rings (SSSR count). The van der Waals surface area contributed by atoms with Gasteiger partial charge in [-0.2, -0.15) is 13.2 Å². The lowest BCUT2D eigenvalue weighted by molar-refractivity contribution is -0.188. The molecular weight excluding hydrogens is 317 g/mol. The summed E-state index contributed by atoms with van der Waals surface area (Å²) in [6, 6.07) is 0. The monoisotopic (exact) mass is 336 g/mol. The molecule has 0 spiro atoms. The van der Waals surface area contributed by atoms with Gasteiger partial charge in [0.2, 0.25) is 0 Å². The zero-order valence-corrected chi connectivity index (χ0v) is 13.3. The molecule has 1 aliphatic rings. The van der Waals surface area contributed by atoms with Crippen LogP contribution in [0.15, 0.2) is 5.38 Å². The van der Waals surface area contributed by atoms with Gasteiger partial charge in [-0.3, -0.25) is 4.79 Å². The van der Waals surface area contributed by atoms with Gasteiger partial charge in [-0.05, 0) is 26.7 Å². The van der Waals surface area contributed by atoms with Gasteiger partial charge >= 0.3 is 6.18 Å². The van der Waals surface area contributed by atoms with E-state index in [-0.39, 0.29) is 11.8 Å². The number of hydrogen-bond donors (Lipinski definition) is 0. The summed E-state index contributed by atoms with van der Waals surface area (Å²) in [5.41, 5.74) is 0.949. The number of likely N-dealkylation sites (tertiary alicyclic amines) is 1. The normalized spacial score (nSPS) is 21.0. The lowest BCUT2D eigenvalue weighted by Gasteiger charge is -2.33. The van der Waals surface area contributed by atoms with Crippen molar-refractivity contribution in [3.63, 3.8) is 0 Å². The number of nitrogens with zero attached hydrogens (tertiary/aromatic N) is 2. The van der Waals surface area contributed by atoms with Crippen LogP contribution in [0.2, 0.25) is 0 Å². The molecule has 0 bridgehead atoms. The summed E-state index contributed by atoms with van der Waals surface area (Å²) in [6.07, 6.45) is -3.74. The van der Waals surface area contributed by atoms with Gasteiger partial charge in [-0.1, -0.05) is 0 Å². The van der Waals surface area contributed by atoms with Crippen LogP contribution >= 0.6 is 11.3 Å². The Hall–Kier alpha value is -1.15. The van der Waals surface area contributed by atoms with Crippen LogP contribution in [-0.2, 0) is 9.53 Å². The Morgan fingerprint density at radius 2 is 2.32 bits per heavy atom. The highest BCUT2D eigenvalue weighted by Gasteiger charge is 2.33. The van der Waals surface area contributed by atoms with Gasteiger partial charge in [0.15, 0.2) is 0 Å². The highest BCUT2D eigenvalue weighted by atomic mass is 32.1. The standard InChI is InChI=1S/C14H19F3N2O2S/c1-9-7-22-12(18-9)11-4-3-5-19(6-11)13(20)10(2)21-8-14(15,16)17/h7,10-11H,3-6,8H2,1-2H3/t10-,11+/m1/s1. The van der Waals surface area contributed by atoms with Crippen LogP contribution in [0.3, 0.4) is 0 Å². The fraction of sp³-hybridized carbons (Fsp3) is 0.714. The van der Waals surface area contributed by atoms with E-state index in [1.54, 1.807) is 16.2 Å². The third-order valence-electron chi connectivity index (χ3n) is 3.56. The first-order valence-corrected chi connectivity index (χ1v) is 8.03. The van der Waals surface area contributed by atoms with E-state index in [0.717, 1.165) is 23.5 Å². The van der Waals surface area contributed by atoms with Gasteiger partial charge in [0.05, 0.1) is 5.01 Å². The summed E-state index contributed by atoms with van der Waals surface area (Å²) in [6.45, 7) is 2.93. The molecule has 0 aromatic carbocycles. The van der Waals surface area contributed by atoms with E-state index in [9.17, 15) is 18.0 Å². The molecule has 1 aromatic rings. The predicted molar refractivity (Wildman–Crippen MR) is 76.9 cm³/mol. The van der Waals surface area contributed by atoms with Crippen molar-refractivity contribution in [2.75, 3.05) is 19.7 Å². The van der Waals surface area contributed by atoms with Crippen molar-refractivity contribution >= 4 is 17.2 Å². The Morgan fingerprint density at radius 3 is 2.91 bits per heavy atom. The van der Waals surface area contributed by atoms with E-state index >= 15 is 0 Å². The maximum Gasteiger partial charge on any atom is 0.411 e. The van der Waals surface area contributed by atoms with E-state index in [2.05, 4.69) is 9.72 Å². The highest BCUT2D eigenvalue weighted by Crippen LogP contribution is 2.29. The number of halogens is 3. The molecule has 1 aliphatic heterocycles. The first kappa shape index (κ1) is 17.2. The average Bonchev–Trinajstić information content (AvgIpc) is 2.90. The minimum Gasteiger partial charge on any atom is -0.359 e. The first-order valence-electron chi connectivity index (χ1n) is 7.15. The molecule has 0 N–H and O–H groups in total. The Labute approximate surface area is 131 Å². The largest absolute Gasteiger partial charge is 0.411 e. The van der Waals surface area contributed by atoms with E-state index < -0.39 is 18.9 Å². The maximum absolute atomic E-state index is 12.2. The summed E-state index contributed by atoms with van der Waals surface area (Å²) >= 11 is 1.56. The lowest BCUT2D eigenvalue weighted by Crippen LogP contribution is -2.45. The first-order chi connectivity index (χ1) is 10.3. The Balaban J connectivity index is 1.92. The number of carbonyl (C=O) groups is 1. The molecule has 124 valence electrons. The second-order valence-corrected chi connectivity index (χ2v) is 6.41. The molecule has 0 radical (unpaired) electrons. The zero-order valence-electron chi connectivity index (χ0n) is 12.5. The Morgan fingerprint density at radius 1 is 1.59 bits per heavy atom. The van der Waals surface area contributed by atoms with Crippen LogP contribution in [0.4, 0.5) is 13.2 Å². The van der Waals surface area contributed by atoms with Crippen molar-refractivity contribution < 1.29 is 22.7 Å². The highest BCUT2D eigenvalue weighted by molar-refractivity contribution is 7.09. The number of ether oxygens (including phenoxy) is 1. The van der Waals surface area contributed by atoms with Crippen LogP contribution in [0.5, 0.6) is 0 Å². The van der Waals surface area contributed by atoms with Crippen LogP contribution in [0.1, 0.15) is 36.4 Å². The molecule has 1 saturated heterocycles. The molecule has 22 heavy (non-hydrogen) atoms. The molecule has 4 nitrogen and oxygen atoms in total. The number of rotatable bonds is 4. The minimum absolute atomic E-state index is 0.159. The summed E-state index contributed by atoms with van der Waals surface area (Å²) in [5.74, 6) is -0.228. The fourth-order valence-corrected chi connectivity index (χ4v) is 3.41. The average molecular weight is 336 g/mol. The third kappa shape index (κ3) is 4.67. The van der Waals surface area contributed by atoms with Gasteiger partial charge in [-0.15, -0.1) is 11.3 Å². The second-order valence-electron chi connectivity index (χ2n) is 5.52. The molecule has 8 heteroatoms. The van der Waals surface area contributed by atoms with Crippen LogP contribution in [-0.4, -0.2) is 47.8 Å². The molecule has 2 heterocycles. The van der Waals surface area contributed by atoms with E-state index in [4.69, 9.17) is 0 Å². The van der Waals surface area contributed by atoms with Crippen molar-refractivity contribution in [3.05, 3.63) is 16.1 Å². The molecule has 1 amide bonds. The van der Waals surface area contributed by atoms with Crippen molar-refractivity contribution in [2.45, 2.75) is 44.9 Å². The number of amides is 1. The quantitative estimate of drug-likeness (QED) is 0.848. The van der Waals surface area contributed by atoms with E-state index in [1.165, 1.54) is 6.92 Å². The van der Waals surface area contributed by atoms with Crippen molar-refractivity contribution in [1.82, 2.24) is 9.88 Å². The second kappa shape index (κ2) is 6.95. The Bertz CT molecular complexity index is 518. The third-order valence-corrected chi connectivity index (χ3v) is 4.69. The number of hydrogen-bond acceptors (Lipinski definition) is 4. The zero-order chi connectivity index (χ0) is 16.3. The topological polar surface area (TPSA) is 42.4 Å². The lowest BCUT2D eigenvalue weighted by atomic mass is 9.98. The van der Waals surface area contributed by atoms with Crippen LogP contribution in [0.25, 0.3) is 0 Å². The Kier molecular flexibility index (Phi) is 5.44. The summed E-state index contributed by atoms with van der Waals surface area (Å²) < 4.78 is 41.1. The minimum atomic E-state index is -4.42. The maximum atomic E-state index is 12.2. The number of carbonyl (C=O) groups excluding carboxylic acids is 1. The van der Waals surface area contributed by atoms with E-state index in [0.29, 0.717) is 13.1 Å². The van der Waals surface area contributed by atoms with Crippen LogP contribution in [0, 0.1) is 6.92 Å². The van der Waals surface area contributed by atoms with E-state index in [1.807, 2.05) is 12.3 Å². The summed E-state index contributed by atoms with van der Waals surface area (Å²) in [4.78, 5) is 18.2. The molecular formula is C14H19F3N2O2S. The molecule has 1 fully saturated rings. The van der Waals surface area contributed by atoms with Gasteiger partial charge < -0.3 is 9.64 Å². The van der Waals surface area contributed by atoms with Crippen molar-refractivity contribution in [1.29, 1.82) is 0 Å². The molecule has 2 atom stereocenters. The van der Waals surface area contributed by atoms with Gasteiger partial charge in [0.1, 0.15) is 12.7 Å². The predicted octanol–water partition coefficient (Wildman–Crippen LogP) is 3.12. The van der Waals surface area contributed by atoms with Gasteiger partial charge in [0.25, 0.3) is 5.91 Å². The number of aryl methyl sites for hydroxylation is 1. The molecule has 1 aromatic heterocycles. The van der Waals surface area contributed by atoms with Gasteiger partial charge in [0, 0.05) is 30.1 Å².